The highest BCUT2D eigenvalue weighted by atomic mass is 31.1. The summed E-state index contributed by atoms with van der Waals surface area (Å²) in [5.74, 6) is 0. The van der Waals surface area contributed by atoms with Gasteiger partial charge in [0.15, 0.2) is 0 Å². The molecule has 0 amide bonds. The zero-order chi connectivity index (χ0) is 18.5. The fourth-order valence-electron chi connectivity index (χ4n) is 4.37. The van der Waals surface area contributed by atoms with Crippen LogP contribution in [0.25, 0.3) is 0 Å². The second-order valence-corrected chi connectivity index (χ2v) is 12.7. The molecule has 27 heavy (non-hydrogen) atoms. The van der Waals surface area contributed by atoms with Crippen LogP contribution >= 0.6 is 15.8 Å². The lowest BCUT2D eigenvalue weighted by Crippen LogP contribution is -2.23. The highest BCUT2D eigenvalue weighted by Crippen LogP contribution is 2.53. The molecule has 0 N–H and O–H groups in total. The van der Waals surface area contributed by atoms with Crippen molar-refractivity contribution in [2.45, 2.75) is 37.5 Å². The molecule has 0 saturated carbocycles. The van der Waals surface area contributed by atoms with E-state index in [1.807, 2.05) is 0 Å². The summed E-state index contributed by atoms with van der Waals surface area (Å²) in [4.78, 5) is 0. The molecular weight excluding hydrogens is 362 g/mol. The van der Waals surface area contributed by atoms with Gasteiger partial charge in [-0.25, -0.2) is 0 Å². The Hall–Kier alpha value is -1.48. The van der Waals surface area contributed by atoms with Gasteiger partial charge >= 0.3 is 0 Å². The van der Waals surface area contributed by atoms with Crippen LogP contribution in [0.5, 0.6) is 0 Å². The van der Waals surface area contributed by atoms with E-state index in [9.17, 15) is 0 Å². The van der Waals surface area contributed by atoms with E-state index in [0.717, 1.165) is 5.66 Å². The first-order valence-electron chi connectivity index (χ1n) is 10.0. The molecular formula is C25H28P2. The summed E-state index contributed by atoms with van der Waals surface area (Å²) in [7, 11) is -0.294. The summed E-state index contributed by atoms with van der Waals surface area (Å²) in [5, 5.41) is 4.66. The summed E-state index contributed by atoms with van der Waals surface area (Å²) < 4.78 is 0. The summed E-state index contributed by atoms with van der Waals surface area (Å²) >= 11 is 0. The lowest BCUT2D eigenvalue weighted by atomic mass is 10.2. The average molecular weight is 390 g/mol. The zero-order valence-electron chi connectivity index (χ0n) is 16.0. The van der Waals surface area contributed by atoms with Gasteiger partial charge in [-0.2, -0.15) is 0 Å². The smallest absolute Gasteiger partial charge is 0.0151 e. The van der Waals surface area contributed by atoms with E-state index in [1.54, 1.807) is 5.30 Å². The van der Waals surface area contributed by atoms with Crippen molar-refractivity contribution in [1.82, 2.24) is 0 Å². The van der Waals surface area contributed by atoms with Crippen molar-refractivity contribution in [3.63, 3.8) is 0 Å². The highest BCUT2D eigenvalue weighted by Gasteiger charge is 2.32. The average Bonchev–Trinajstić information content (AvgIpc) is 3.18. The molecule has 3 aromatic carbocycles. The van der Waals surface area contributed by atoms with Crippen molar-refractivity contribution in [3.05, 3.63) is 91.0 Å². The first-order chi connectivity index (χ1) is 13.3. The normalized spacial score (nSPS) is 20.7. The standard InChI is InChI=1S/C25H28P2/c1-21(20-25-18-11-19-26(25)22-12-5-2-6-13-22)27(23-14-7-3-8-15-23)24-16-9-4-10-17-24/h2-10,12-17,21,25H,11,18-20H2,1H3/t21-,25-,26-/m0/s1. The van der Waals surface area contributed by atoms with Gasteiger partial charge in [-0.1, -0.05) is 106 Å². The Kier molecular flexibility index (Phi) is 6.39. The largest absolute Gasteiger partial charge is 0.0721 e. The number of hydrogen-bond donors (Lipinski definition) is 0. The molecule has 0 spiro atoms. The van der Waals surface area contributed by atoms with E-state index in [2.05, 4.69) is 97.9 Å². The van der Waals surface area contributed by atoms with Gasteiger partial charge < -0.3 is 0 Å². The Morgan fingerprint density at radius 2 is 1.33 bits per heavy atom. The Labute approximate surface area is 166 Å². The van der Waals surface area contributed by atoms with Crippen molar-refractivity contribution in [1.29, 1.82) is 0 Å². The molecule has 0 radical (unpaired) electrons. The van der Waals surface area contributed by atoms with Gasteiger partial charge in [-0.3, -0.25) is 0 Å². The molecule has 3 atom stereocenters. The lowest BCUT2D eigenvalue weighted by molar-refractivity contribution is 0.706. The predicted molar refractivity (Wildman–Crippen MR) is 124 cm³/mol. The van der Waals surface area contributed by atoms with Crippen molar-refractivity contribution in [3.8, 4) is 0 Å². The maximum absolute atomic E-state index is 2.50. The van der Waals surface area contributed by atoms with Crippen molar-refractivity contribution in [2.75, 3.05) is 6.16 Å². The zero-order valence-corrected chi connectivity index (χ0v) is 17.8. The fourth-order valence-corrected chi connectivity index (χ4v) is 10.5. The monoisotopic (exact) mass is 390 g/mol. The second kappa shape index (κ2) is 9.14. The van der Waals surface area contributed by atoms with Gasteiger partial charge in [0.2, 0.25) is 0 Å². The predicted octanol–water partition coefficient (Wildman–Crippen LogP) is 5.87. The van der Waals surface area contributed by atoms with E-state index < -0.39 is 0 Å². The molecule has 1 aliphatic heterocycles. The van der Waals surface area contributed by atoms with Gasteiger partial charge in [-0.05, 0) is 60.6 Å². The first kappa shape index (κ1) is 18.9. The van der Waals surface area contributed by atoms with Crippen LogP contribution in [0, 0.1) is 0 Å². The topological polar surface area (TPSA) is 0 Å². The van der Waals surface area contributed by atoms with Crippen molar-refractivity contribution < 1.29 is 0 Å². The van der Waals surface area contributed by atoms with Crippen LogP contribution in [0.15, 0.2) is 91.0 Å². The Morgan fingerprint density at radius 3 is 1.89 bits per heavy atom. The third kappa shape index (κ3) is 4.51. The number of hydrogen-bond acceptors (Lipinski definition) is 0. The molecule has 1 aliphatic rings. The maximum atomic E-state index is 2.50. The van der Waals surface area contributed by atoms with Crippen molar-refractivity contribution >= 4 is 31.8 Å². The highest BCUT2D eigenvalue weighted by molar-refractivity contribution is 7.73. The Morgan fingerprint density at radius 1 is 0.815 bits per heavy atom. The minimum atomic E-state index is -0.306. The van der Waals surface area contributed by atoms with Gasteiger partial charge in [0, 0.05) is 0 Å². The molecule has 0 aliphatic carbocycles. The van der Waals surface area contributed by atoms with Crippen LogP contribution < -0.4 is 15.9 Å². The van der Waals surface area contributed by atoms with Gasteiger partial charge in [0.05, 0.1) is 0 Å². The minimum Gasteiger partial charge on any atom is -0.0721 e. The van der Waals surface area contributed by atoms with E-state index in [0.29, 0.717) is 5.66 Å². The summed E-state index contributed by atoms with van der Waals surface area (Å²) in [6.45, 7) is 2.50. The fraction of sp³-hybridized carbons (Fsp3) is 0.280. The number of benzene rings is 3. The van der Waals surface area contributed by atoms with Crippen LogP contribution in [-0.2, 0) is 0 Å². The van der Waals surface area contributed by atoms with Crippen LogP contribution in [0.2, 0.25) is 0 Å². The van der Waals surface area contributed by atoms with E-state index in [-0.39, 0.29) is 15.8 Å². The molecule has 4 rings (SSSR count). The summed E-state index contributed by atoms with van der Waals surface area (Å²) in [6.07, 6.45) is 5.60. The van der Waals surface area contributed by atoms with Crippen LogP contribution in [0.4, 0.5) is 0 Å². The molecule has 1 heterocycles. The Balaban J connectivity index is 1.58. The molecule has 138 valence electrons. The molecule has 0 bridgehead atoms. The van der Waals surface area contributed by atoms with Crippen LogP contribution in [0.3, 0.4) is 0 Å². The molecule has 2 heteroatoms. The van der Waals surface area contributed by atoms with E-state index >= 15 is 0 Å². The third-order valence-corrected chi connectivity index (χ3v) is 11.5. The van der Waals surface area contributed by atoms with Crippen LogP contribution in [-0.4, -0.2) is 17.5 Å². The Bertz CT molecular complexity index is 777. The summed E-state index contributed by atoms with van der Waals surface area (Å²) in [5.41, 5.74) is 1.59. The van der Waals surface area contributed by atoms with Crippen molar-refractivity contribution in [2.24, 2.45) is 0 Å². The maximum Gasteiger partial charge on any atom is -0.0151 e. The van der Waals surface area contributed by atoms with Gasteiger partial charge in [-0.15, -0.1) is 0 Å². The van der Waals surface area contributed by atoms with Gasteiger partial charge in [0.1, 0.15) is 0 Å². The molecule has 0 aromatic heterocycles. The summed E-state index contributed by atoms with van der Waals surface area (Å²) in [6, 6.07) is 33.8. The SMILES string of the molecule is C[C@@H](C[C@@H]1CCC[P@@]1c1ccccc1)P(c1ccccc1)c1ccccc1. The molecule has 3 aromatic rings. The van der Waals surface area contributed by atoms with E-state index in [1.165, 1.54) is 36.0 Å². The van der Waals surface area contributed by atoms with E-state index in [4.69, 9.17) is 0 Å². The first-order valence-corrected chi connectivity index (χ1v) is 13.0. The minimum absolute atomic E-state index is 0.0116. The molecule has 1 fully saturated rings. The number of rotatable bonds is 6. The van der Waals surface area contributed by atoms with Crippen LogP contribution in [0.1, 0.15) is 26.2 Å². The second-order valence-electron chi connectivity index (χ2n) is 7.45. The molecule has 0 nitrogen and oxygen atoms in total. The molecule has 1 saturated heterocycles. The third-order valence-electron chi connectivity index (χ3n) is 5.59. The lowest BCUT2D eigenvalue weighted by Gasteiger charge is -2.30. The van der Waals surface area contributed by atoms with Gasteiger partial charge in [0.25, 0.3) is 0 Å². The molecule has 0 unspecified atom stereocenters. The quantitative estimate of drug-likeness (QED) is 0.462.